The average molecular weight is 461 g/mol. The zero-order valence-corrected chi connectivity index (χ0v) is 18.1. The number of carbonyl (C=O) groups excluding carboxylic acids is 2. The summed E-state index contributed by atoms with van der Waals surface area (Å²) < 4.78 is 7.32. The first kappa shape index (κ1) is 22.6. The Bertz CT molecular complexity index is 1250. The normalized spacial score (nSPS) is 15.5. The number of ether oxygens (including phenoxy) is 1. The minimum atomic E-state index is -1.20. The smallest absolute Gasteiger partial charge is 0.328 e. The number of likely N-dealkylation sites (tertiary alicyclic amines) is 1. The molecule has 1 aliphatic heterocycles. The Morgan fingerprint density at radius 2 is 1.71 bits per heavy atom. The Hall–Kier alpha value is -4.60. The van der Waals surface area contributed by atoms with Crippen LogP contribution in [0, 0.1) is 0 Å². The van der Waals surface area contributed by atoms with Crippen LogP contribution in [0.1, 0.15) is 22.8 Å². The number of aliphatic carboxylic acids is 1. The zero-order valence-electron chi connectivity index (χ0n) is 18.1. The summed E-state index contributed by atoms with van der Waals surface area (Å²) in [7, 11) is 0. The highest BCUT2D eigenvalue weighted by molar-refractivity contribution is 6.03. The van der Waals surface area contributed by atoms with Gasteiger partial charge < -0.3 is 26.2 Å². The number of benzene rings is 2. The first-order valence-corrected chi connectivity index (χ1v) is 10.5. The fourth-order valence-electron chi connectivity index (χ4n) is 3.87. The number of para-hydroxylation sites is 1. The van der Waals surface area contributed by atoms with Gasteiger partial charge >= 0.3 is 5.97 Å². The van der Waals surface area contributed by atoms with Crippen LogP contribution >= 0.6 is 0 Å². The standard InChI is InChI=1S/C24H23N5O5/c25-23-21(24(26)33)22(15-6-8-18(9-7-15)34-17-4-2-1-3-5-17)27-29(23)16-12-13-28(14-16)19(30)10-11-20(31)32/h1-11,16H,12-14,25H2,(H2,26,33)(H,31,32)/b11-10-. The molecular formula is C24H23N5O5. The van der Waals surface area contributed by atoms with Gasteiger partial charge in [-0.2, -0.15) is 5.10 Å². The highest BCUT2D eigenvalue weighted by Gasteiger charge is 2.31. The van der Waals surface area contributed by atoms with Crippen LogP contribution in [0.3, 0.4) is 0 Å². The van der Waals surface area contributed by atoms with E-state index in [1.54, 1.807) is 24.3 Å². The molecule has 0 spiro atoms. The summed E-state index contributed by atoms with van der Waals surface area (Å²) in [4.78, 5) is 36.6. The van der Waals surface area contributed by atoms with Gasteiger partial charge in [0.15, 0.2) is 0 Å². The van der Waals surface area contributed by atoms with Crippen molar-refractivity contribution in [3.8, 4) is 22.8 Å². The van der Waals surface area contributed by atoms with Crippen LogP contribution in [0.15, 0.2) is 66.7 Å². The minimum absolute atomic E-state index is 0.104. The van der Waals surface area contributed by atoms with E-state index < -0.39 is 17.8 Å². The molecule has 0 radical (unpaired) electrons. The first-order valence-electron chi connectivity index (χ1n) is 10.5. The molecule has 2 heterocycles. The SMILES string of the molecule is NC(=O)c1c(-c2ccc(Oc3ccccc3)cc2)nn(C2CCN(C(=O)/C=C\C(=O)O)C2)c1N. The molecule has 0 bridgehead atoms. The molecule has 2 amide bonds. The number of rotatable bonds is 7. The Morgan fingerprint density at radius 3 is 2.35 bits per heavy atom. The number of aromatic nitrogens is 2. The predicted octanol–water partition coefficient (Wildman–Crippen LogP) is 2.44. The molecule has 174 valence electrons. The van der Waals surface area contributed by atoms with Gasteiger partial charge in [0.05, 0.1) is 6.04 Å². The van der Waals surface area contributed by atoms with Crippen molar-refractivity contribution in [1.29, 1.82) is 0 Å². The molecule has 1 atom stereocenters. The summed E-state index contributed by atoms with van der Waals surface area (Å²) in [6.45, 7) is 0.676. The summed E-state index contributed by atoms with van der Waals surface area (Å²) in [6, 6.07) is 16.1. The van der Waals surface area contributed by atoms with Gasteiger partial charge in [-0.1, -0.05) is 18.2 Å². The summed E-state index contributed by atoms with van der Waals surface area (Å²) in [5.41, 5.74) is 12.9. The number of nitrogens with two attached hydrogens (primary N) is 2. The average Bonchev–Trinajstić information content (AvgIpc) is 3.43. The minimum Gasteiger partial charge on any atom is -0.478 e. The van der Waals surface area contributed by atoms with Gasteiger partial charge in [0, 0.05) is 30.8 Å². The van der Waals surface area contributed by atoms with Crippen molar-refractivity contribution in [2.75, 3.05) is 18.8 Å². The highest BCUT2D eigenvalue weighted by atomic mass is 16.5. The molecule has 3 aromatic rings. The van der Waals surface area contributed by atoms with Gasteiger partial charge in [0.2, 0.25) is 5.91 Å². The maximum absolute atomic E-state index is 12.2. The Labute approximate surface area is 195 Å². The van der Waals surface area contributed by atoms with Crippen molar-refractivity contribution >= 4 is 23.6 Å². The van der Waals surface area contributed by atoms with E-state index in [1.165, 1.54) is 9.58 Å². The quantitative estimate of drug-likeness (QED) is 0.457. The topological polar surface area (TPSA) is 154 Å². The number of hydrogen-bond acceptors (Lipinski definition) is 6. The Balaban J connectivity index is 1.57. The number of carboxylic acid groups (broad SMARTS) is 1. The molecular weight excluding hydrogens is 438 g/mol. The lowest BCUT2D eigenvalue weighted by atomic mass is 10.1. The second kappa shape index (κ2) is 9.49. The lowest BCUT2D eigenvalue weighted by Crippen LogP contribution is -2.28. The van der Waals surface area contributed by atoms with E-state index in [1.807, 2.05) is 30.3 Å². The monoisotopic (exact) mass is 461 g/mol. The van der Waals surface area contributed by atoms with Crippen LogP contribution in [0.4, 0.5) is 5.82 Å². The van der Waals surface area contributed by atoms with Crippen molar-refractivity contribution in [2.24, 2.45) is 5.73 Å². The lowest BCUT2D eigenvalue weighted by Gasteiger charge is -2.15. The molecule has 34 heavy (non-hydrogen) atoms. The molecule has 2 aromatic carbocycles. The molecule has 1 aromatic heterocycles. The number of anilines is 1. The van der Waals surface area contributed by atoms with Crippen molar-refractivity contribution in [3.05, 3.63) is 72.3 Å². The summed E-state index contributed by atoms with van der Waals surface area (Å²) in [5.74, 6) is -0.898. The van der Waals surface area contributed by atoms with Gasteiger partial charge in [0.25, 0.3) is 5.91 Å². The summed E-state index contributed by atoms with van der Waals surface area (Å²) >= 11 is 0. The van der Waals surface area contributed by atoms with Crippen molar-refractivity contribution in [1.82, 2.24) is 14.7 Å². The third kappa shape index (κ3) is 4.75. The van der Waals surface area contributed by atoms with Gasteiger partial charge in [0.1, 0.15) is 28.6 Å². The van der Waals surface area contributed by atoms with E-state index in [2.05, 4.69) is 5.10 Å². The maximum atomic E-state index is 12.2. The van der Waals surface area contributed by atoms with Crippen molar-refractivity contribution in [3.63, 3.8) is 0 Å². The number of primary amides is 1. The van der Waals surface area contributed by atoms with Gasteiger partial charge in [-0.25, -0.2) is 9.48 Å². The van der Waals surface area contributed by atoms with E-state index in [0.29, 0.717) is 35.7 Å². The van der Waals surface area contributed by atoms with Crippen LogP contribution in [0.5, 0.6) is 11.5 Å². The molecule has 1 fully saturated rings. The molecule has 10 nitrogen and oxygen atoms in total. The molecule has 1 aliphatic rings. The number of nitrogen functional groups attached to an aromatic ring is 1. The van der Waals surface area contributed by atoms with E-state index in [0.717, 1.165) is 12.2 Å². The Morgan fingerprint density at radius 1 is 1.03 bits per heavy atom. The van der Waals surface area contributed by atoms with Crippen LogP contribution < -0.4 is 16.2 Å². The second-order valence-electron chi connectivity index (χ2n) is 7.76. The molecule has 0 saturated carbocycles. The maximum Gasteiger partial charge on any atom is 0.328 e. The number of carbonyl (C=O) groups is 3. The van der Waals surface area contributed by atoms with Crippen LogP contribution in [0.2, 0.25) is 0 Å². The molecule has 4 rings (SSSR count). The number of amides is 2. The van der Waals surface area contributed by atoms with E-state index in [4.69, 9.17) is 21.3 Å². The molecule has 1 saturated heterocycles. The van der Waals surface area contributed by atoms with E-state index in [-0.39, 0.29) is 24.0 Å². The summed E-state index contributed by atoms with van der Waals surface area (Å²) in [6.07, 6.45) is 2.35. The van der Waals surface area contributed by atoms with Gasteiger partial charge in [-0.3, -0.25) is 9.59 Å². The number of carboxylic acids is 1. The van der Waals surface area contributed by atoms with Crippen molar-refractivity contribution in [2.45, 2.75) is 12.5 Å². The van der Waals surface area contributed by atoms with Gasteiger partial charge in [-0.05, 0) is 42.8 Å². The molecule has 5 N–H and O–H groups in total. The fourth-order valence-corrected chi connectivity index (χ4v) is 3.87. The fraction of sp³-hybridized carbons (Fsp3) is 0.167. The molecule has 0 aliphatic carbocycles. The Kier molecular flexibility index (Phi) is 6.30. The highest BCUT2D eigenvalue weighted by Crippen LogP contribution is 2.33. The molecule has 10 heteroatoms. The predicted molar refractivity (Wildman–Crippen MR) is 124 cm³/mol. The van der Waals surface area contributed by atoms with E-state index >= 15 is 0 Å². The third-order valence-corrected chi connectivity index (χ3v) is 5.49. The summed E-state index contributed by atoms with van der Waals surface area (Å²) in [5, 5.41) is 13.3. The lowest BCUT2D eigenvalue weighted by molar-refractivity contribution is -0.132. The molecule has 1 unspecified atom stereocenters. The zero-order chi connectivity index (χ0) is 24.2. The second-order valence-corrected chi connectivity index (χ2v) is 7.76. The van der Waals surface area contributed by atoms with Crippen LogP contribution in [0.25, 0.3) is 11.3 Å². The van der Waals surface area contributed by atoms with E-state index in [9.17, 15) is 14.4 Å². The largest absolute Gasteiger partial charge is 0.478 e. The first-order chi connectivity index (χ1) is 16.3. The van der Waals surface area contributed by atoms with Crippen molar-refractivity contribution < 1.29 is 24.2 Å². The number of hydrogen-bond donors (Lipinski definition) is 3. The van der Waals surface area contributed by atoms with Crippen LogP contribution in [-0.4, -0.2) is 50.7 Å². The van der Waals surface area contributed by atoms with Gasteiger partial charge in [-0.15, -0.1) is 0 Å². The third-order valence-electron chi connectivity index (χ3n) is 5.49. The number of nitrogens with zero attached hydrogens (tertiary/aromatic N) is 3. The van der Waals surface area contributed by atoms with Crippen LogP contribution in [-0.2, 0) is 9.59 Å².